The highest BCUT2D eigenvalue weighted by Crippen LogP contribution is 2.28. The normalized spacial score (nSPS) is 10.2. The molecule has 90 valence electrons. The maximum Gasteiger partial charge on any atom is 0.162 e. The summed E-state index contributed by atoms with van der Waals surface area (Å²) < 4.78 is 12.9. The lowest BCUT2D eigenvalue weighted by Crippen LogP contribution is -2.07. The number of benzene rings is 1. The molecule has 0 aliphatic rings. The van der Waals surface area contributed by atoms with Crippen LogP contribution >= 0.6 is 0 Å². The van der Waals surface area contributed by atoms with Crippen LogP contribution in [0.15, 0.2) is 42.7 Å². The molecule has 4 nitrogen and oxygen atoms in total. The Kier molecular flexibility index (Phi) is 3.55. The lowest BCUT2D eigenvalue weighted by atomic mass is 10.3. The highest BCUT2D eigenvalue weighted by Gasteiger charge is 2.04. The zero-order chi connectivity index (χ0) is 12.1. The molecule has 0 amide bonds. The first-order valence-corrected chi connectivity index (χ1v) is 5.46. The lowest BCUT2D eigenvalue weighted by molar-refractivity contribution is 0.280. The van der Waals surface area contributed by atoms with E-state index in [1.807, 2.05) is 30.6 Å². The van der Waals surface area contributed by atoms with Crippen molar-refractivity contribution in [2.75, 3.05) is 19.5 Å². The van der Waals surface area contributed by atoms with Gasteiger partial charge in [0.1, 0.15) is 6.61 Å². The van der Waals surface area contributed by atoms with E-state index >= 15 is 0 Å². The molecule has 0 spiro atoms. The average Bonchev–Trinajstić information content (AvgIpc) is 2.84. The number of anilines is 1. The minimum Gasteiger partial charge on any atom is -0.493 e. The monoisotopic (exact) mass is 232 g/mol. The number of nitrogens with two attached hydrogens (primary N) is 1. The van der Waals surface area contributed by atoms with E-state index in [0.29, 0.717) is 23.8 Å². The SMILES string of the molecule is COc1cc(N)ccc1OCCn1cccc1. The summed E-state index contributed by atoms with van der Waals surface area (Å²) in [5.41, 5.74) is 6.34. The van der Waals surface area contributed by atoms with Gasteiger partial charge in [0.05, 0.1) is 13.7 Å². The summed E-state index contributed by atoms with van der Waals surface area (Å²) in [6, 6.07) is 9.36. The second-order valence-electron chi connectivity index (χ2n) is 3.68. The molecular weight excluding hydrogens is 216 g/mol. The van der Waals surface area contributed by atoms with E-state index < -0.39 is 0 Å². The van der Waals surface area contributed by atoms with Gasteiger partial charge in [-0.15, -0.1) is 0 Å². The van der Waals surface area contributed by atoms with Gasteiger partial charge >= 0.3 is 0 Å². The van der Waals surface area contributed by atoms with E-state index in [1.165, 1.54) is 0 Å². The summed E-state index contributed by atoms with van der Waals surface area (Å²) in [6.07, 6.45) is 4.01. The van der Waals surface area contributed by atoms with E-state index in [0.717, 1.165) is 6.54 Å². The summed E-state index contributed by atoms with van der Waals surface area (Å²) in [4.78, 5) is 0. The zero-order valence-electron chi connectivity index (χ0n) is 9.80. The van der Waals surface area contributed by atoms with Crippen LogP contribution < -0.4 is 15.2 Å². The first-order valence-electron chi connectivity index (χ1n) is 5.46. The minimum atomic E-state index is 0.592. The summed E-state index contributed by atoms with van der Waals surface area (Å²) >= 11 is 0. The average molecular weight is 232 g/mol. The molecule has 2 N–H and O–H groups in total. The molecule has 2 aromatic rings. The Bertz CT molecular complexity index is 466. The maximum absolute atomic E-state index is 5.67. The predicted molar refractivity (Wildman–Crippen MR) is 67.3 cm³/mol. The molecule has 0 aliphatic carbocycles. The summed E-state index contributed by atoms with van der Waals surface area (Å²) in [6.45, 7) is 1.40. The highest BCUT2D eigenvalue weighted by molar-refractivity contribution is 5.51. The van der Waals surface area contributed by atoms with Gasteiger partial charge in [-0.2, -0.15) is 0 Å². The fourth-order valence-corrected chi connectivity index (χ4v) is 1.58. The summed E-state index contributed by atoms with van der Waals surface area (Å²) in [5, 5.41) is 0. The van der Waals surface area contributed by atoms with Crippen molar-refractivity contribution in [2.24, 2.45) is 0 Å². The van der Waals surface area contributed by atoms with Crippen molar-refractivity contribution in [1.82, 2.24) is 4.57 Å². The maximum atomic E-state index is 5.67. The molecule has 0 fully saturated rings. The van der Waals surface area contributed by atoms with Gasteiger partial charge in [0.2, 0.25) is 0 Å². The topological polar surface area (TPSA) is 49.4 Å². The van der Waals surface area contributed by atoms with Crippen LogP contribution in [0.2, 0.25) is 0 Å². The van der Waals surface area contributed by atoms with Crippen molar-refractivity contribution >= 4 is 5.69 Å². The first kappa shape index (κ1) is 11.4. The van der Waals surface area contributed by atoms with Crippen molar-refractivity contribution in [1.29, 1.82) is 0 Å². The molecule has 0 unspecified atom stereocenters. The number of aromatic nitrogens is 1. The summed E-state index contributed by atoms with van der Waals surface area (Å²) in [7, 11) is 1.60. The van der Waals surface area contributed by atoms with Crippen LogP contribution in [0.4, 0.5) is 5.69 Å². The molecule has 0 atom stereocenters. The first-order chi connectivity index (χ1) is 8.29. The van der Waals surface area contributed by atoms with Gasteiger partial charge < -0.3 is 19.8 Å². The van der Waals surface area contributed by atoms with Crippen LogP contribution in [-0.4, -0.2) is 18.3 Å². The van der Waals surface area contributed by atoms with Crippen molar-refractivity contribution in [3.05, 3.63) is 42.7 Å². The molecule has 1 heterocycles. The molecular formula is C13H16N2O2. The van der Waals surface area contributed by atoms with Crippen LogP contribution in [0.3, 0.4) is 0 Å². The van der Waals surface area contributed by atoms with E-state index in [2.05, 4.69) is 4.57 Å². The van der Waals surface area contributed by atoms with Crippen LogP contribution in [0.5, 0.6) is 11.5 Å². The lowest BCUT2D eigenvalue weighted by Gasteiger charge is -2.11. The molecule has 0 saturated heterocycles. The van der Waals surface area contributed by atoms with E-state index in [9.17, 15) is 0 Å². The Balaban J connectivity index is 1.94. The van der Waals surface area contributed by atoms with Gasteiger partial charge in [0.15, 0.2) is 11.5 Å². The third-order valence-corrected chi connectivity index (χ3v) is 2.46. The molecule has 0 saturated carbocycles. The Labute approximate surface area is 101 Å². The summed E-state index contributed by atoms with van der Waals surface area (Å²) in [5.74, 6) is 1.38. The minimum absolute atomic E-state index is 0.592. The number of rotatable bonds is 5. The van der Waals surface area contributed by atoms with Gasteiger partial charge in [0, 0.05) is 24.1 Å². The Hall–Kier alpha value is -2.10. The van der Waals surface area contributed by atoms with E-state index in [1.54, 1.807) is 19.2 Å². The van der Waals surface area contributed by atoms with Gasteiger partial charge in [-0.1, -0.05) is 0 Å². The van der Waals surface area contributed by atoms with Crippen molar-refractivity contribution < 1.29 is 9.47 Å². The van der Waals surface area contributed by atoms with Crippen LogP contribution in [-0.2, 0) is 6.54 Å². The third kappa shape index (κ3) is 2.93. The van der Waals surface area contributed by atoms with Crippen molar-refractivity contribution in [2.45, 2.75) is 6.54 Å². The van der Waals surface area contributed by atoms with Crippen LogP contribution in [0, 0.1) is 0 Å². The molecule has 0 bridgehead atoms. The molecule has 17 heavy (non-hydrogen) atoms. The quantitative estimate of drug-likeness (QED) is 0.804. The van der Waals surface area contributed by atoms with Gasteiger partial charge in [-0.3, -0.25) is 0 Å². The second-order valence-corrected chi connectivity index (χ2v) is 3.68. The number of ether oxygens (including phenoxy) is 2. The molecule has 0 radical (unpaired) electrons. The van der Waals surface area contributed by atoms with Gasteiger partial charge in [-0.05, 0) is 24.3 Å². The number of nitrogens with zero attached hydrogens (tertiary/aromatic N) is 1. The molecule has 2 rings (SSSR count). The fourth-order valence-electron chi connectivity index (χ4n) is 1.58. The van der Waals surface area contributed by atoms with Gasteiger partial charge in [-0.25, -0.2) is 0 Å². The van der Waals surface area contributed by atoms with Crippen LogP contribution in [0.25, 0.3) is 0 Å². The molecule has 1 aromatic carbocycles. The largest absolute Gasteiger partial charge is 0.493 e. The zero-order valence-corrected chi connectivity index (χ0v) is 9.80. The van der Waals surface area contributed by atoms with Crippen LogP contribution in [0.1, 0.15) is 0 Å². The number of hydrogen-bond donors (Lipinski definition) is 1. The molecule has 0 aliphatic heterocycles. The molecule has 1 aromatic heterocycles. The Morgan fingerprint density at radius 1 is 1.18 bits per heavy atom. The van der Waals surface area contributed by atoms with E-state index in [4.69, 9.17) is 15.2 Å². The number of nitrogen functional groups attached to an aromatic ring is 1. The third-order valence-electron chi connectivity index (χ3n) is 2.46. The Morgan fingerprint density at radius 2 is 1.94 bits per heavy atom. The second kappa shape index (κ2) is 5.30. The number of hydrogen-bond acceptors (Lipinski definition) is 3. The highest BCUT2D eigenvalue weighted by atomic mass is 16.5. The standard InChI is InChI=1S/C13H16N2O2/c1-16-13-10-11(14)4-5-12(13)17-9-8-15-6-2-3-7-15/h2-7,10H,8-9,14H2,1H3. The number of methoxy groups -OCH3 is 1. The fraction of sp³-hybridized carbons (Fsp3) is 0.231. The van der Waals surface area contributed by atoms with E-state index in [-0.39, 0.29) is 0 Å². The van der Waals surface area contributed by atoms with Crippen molar-refractivity contribution in [3.8, 4) is 11.5 Å². The smallest absolute Gasteiger partial charge is 0.162 e. The Morgan fingerprint density at radius 3 is 2.65 bits per heavy atom. The predicted octanol–water partition coefficient (Wildman–Crippen LogP) is 2.16. The van der Waals surface area contributed by atoms with Crippen molar-refractivity contribution in [3.63, 3.8) is 0 Å². The van der Waals surface area contributed by atoms with Gasteiger partial charge in [0.25, 0.3) is 0 Å². The molecule has 4 heteroatoms.